The third-order valence-electron chi connectivity index (χ3n) is 2.64. The molecular weight excluding hydrogens is 294 g/mol. The summed E-state index contributed by atoms with van der Waals surface area (Å²) < 4.78 is 2.73. The van der Waals surface area contributed by atoms with E-state index in [2.05, 4.69) is 21.0 Å². The van der Waals surface area contributed by atoms with Crippen LogP contribution in [0.25, 0.3) is 5.69 Å². The molecule has 1 aromatic carbocycles. The van der Waals surface area contributed by atoms with Crippen molar-refractivity contribution in [3.05, 3.63) is 56.4 Å². The zero-order chi connectivity index (χ0) is 13.3. The molecule has 0 fully saturated rings. The predicted octanol–water partition coefficient (Wildman–Crippen LogP) is 2.32. The summed E-state index contributed by atoms with van der Waals surface area (Å²) in [6, 6.07) is 8.91. The Morgan fingerprint density at radius 3 is 2.50 bits per heavy atom. The fraction of sp³-hybridized carbons (Fsp3) is 0.231. The van der Waals surface area contributed by atoms with Gasteiger partial charge in [-0.1, -0.05) is 15.9 Å². The topological polar surface area (TPSA) is 60.9 Å². The standard InChI is InChI=1S/C13H14BrN3O/c1-8-7-12(18)13(9(2)15)16-17(8)11-5-3-10(14)4-6-11/h3-7,9H,15H2,1-2H3. The number of hydrogen-bond acceptors (Lipinski definition) is 3. The average Bonchev–Trinajstić information content (AvgIpc) is 2.30. The number of halogens is 1. The van der Waals surface area contributed by atoms with Gasteiger partial charge in [0, 0.05) is 22.3 Å². The van der Waals surface area contributed by atoms with Crippen molar-refractivity contribution in [2.24, 2.45) is 5.73 Å². The molecule has 4 nitrogen and oxygen atoms in total. The second kappa shape index (κ2) is 5.04. The van der Waals surface area contributed by atoms with Crippen molar-refractivity contribution in [2.75, 3.05) is 0 Å². The molecule has 2 N–H and O–H groups in total. The maximum Gasteiger partial charge on any atom is 0.205 e. The molecule has 5 heteroatoms. The molecule has 2 rings (SSSR count). The van der Waals surface area contributed by atoms with E-state index < -0.39 is 0 Å². The Morgan fingerprint density at radius 2 is 1.94 bits per heavy atom. The first-order chi connectivity index (χ1) is 8.49. The van der Waals surface area contributed by atoms with Gasteiger partial charge in [0.1, 0.15) is 5.69 Å². The number of aromatic nitrogens is 2. The lowest BCUT2D eigenvalue weighted by Crippen LogP contribution is -2.24. The van der Waals surface area contributed by atoms with Crippen LogP contribution in [0.15, 0.2) is 39.6 Å². The fourth-order valence-corrected chi connectivity index (χ4v) is 1.98. The first-order valence-electron chi connectivity index (χ1n) is 5.61. The highest BCUT2D eigenvalue weighted by molar-refractivity contribution is 9.10. The second-order valence-electron chi connectivity index (χ2n) is 4.21. The van der Waals surface area contributed by atoms with Crippen LogP contribution in [0.3, 0.4) is 0 Å². The van der Waals surface area contributed by atoms with Gasteiger partial charge in [0.2, 0.25) is 5.43 Å². The van der Waals surface area contributed by atoms with Gasteiger partial charge in [0.05, 0.1) is 5.69 Å². The lowest BCUT2D eigenvalue weighted by molar-refractivity contribution is 0.687. The molecule has 1 heterocycles. The molecule has 0 aliphatic rings. The zero-order valence-electron chi connectivity index (χ0n) is 10.2. The molecule has 94 valence electrons. The van der Waals surface area contributed by atoms with E-state index in [0.717, 1.165) is 15.9 Å². The number of nitrogens with zero attached hydrogens (tertiary/aromatic N) is 2. The summed E-state index contributed by atoms with van der Waals surface area (Å²) in [5, 5.41) is 4.34. The van der Waals surface area contributed by atoms with Crippen molar-refractivity contribution in [3.8, 4) is 5.69 Å². The highest BCUT2D eigenvalue weighted by Crippen LogP contribution is 2.15. The molecule has 0 saturated carbocycles. The maximum atomic E-state index is 11.8. The fourth-order valence-electron chi connectivity index (χ4n) is 1.72. The number of aryl methyl sites for hydroxylation is 1. The minimum absolute atomic E-state index is 0.115. The molecule has 0 aliphatic heterocycles. The number of benzene rings is 1. The van der Waals surface area contributed by atoms with Crippen molar-refractivity contribution < 1.29 is 0 Å². The van der Waals surface area contributed by atoms with E-state index in [-0.39, 0.29) is 11.5 Å². The summed E-state index contributed by atoms with van der Waals surface area (Å²) in [4.78, 5) is 11.8. The molecule has 1 aromatic heterocycles. The van der Waals surface area contributed by atoms with Crippen LogP contribution in [-0.4, -0.2) is 9.78 Å². The van der Waals surface area contributed by atoms with Crippen molar-refractivity contribution in [3.63, 3.8) is 0 Å². The number of rotatable bonds is 2. The largest absolute Gasteiger partial charge is 0.323 e. The minimum Gasteiger partial charge on any atom is -0.323 e. The molecular formula is C13H14BrN3O. The molecule has 2 aromatic rings. The maximum absolute atomic E-state index is 11.8. The third kappa shape index (κ3) is 2.52. The van der Waals surface area contributed by atoms with Crippen LogP contribution in [0.5, 0.6) is 0 Å². The van der Waals surface area contributed by atoms with E-state index in [1.165, 1.54) is 0 Å². The van der Waals surface area contributed by atoms with Gasteiger partial charge in [-0.05, 0) is 38.1 Å². The van der Waals surface area contributed by atoms with E-state index in [1.54, 1.807) is 17.7 Å². The molecule has 0 saturated heterocycles. The highest BCUT2D eigenvalue weighted by atomic mass is 79.9. The first-order valence-corrected chi connectivity index (χ1v) is 6.41. The Hall–Kier alpha value is -1.46. The molecule has 1 atom stereocenters. The Labute approximate surface area is 114 Å². The lowest BCUT2D eigenvalue weighted by Gasteiger charge is -2.12. The summed E-state index contributed by atoms with van der Waals surface area (Å²) >= 11 is 3.39. The van der Waals surface area contributed by atoms with Crippen LogP contribution in [0.4, 0.5) is 0 Å². The number of hydrogen-bond donors (Lipinski definition) is 1. The van der Waals surface area contributed by atoms with Crippen LogP contribution >= 0.6 is 15.9 Å². The van der Waals surface area contributed by atoms with Gasteiger partial charge >= 0.3 is 0 Å². The Kier molecular flexibility index (Phi) is 3.63. The van der Waals surface area contributed by atoms with Crippen molar-refractivity contribution in [2.45, 2.75) is 19.9 Å². The average molecular weight is 308 g/mol. The van der Waals surface area contributed by atoms with Gasteiger partial charge in [-0.15, -0.1) is 0 Å². The van der Waals surface area contributed by atoms with E-state index in [4.69, 9.17) is 5.73 Å². The van der Waals surface area contributed by atoms with E-state index in [9.17, 15) is 4.79 Å². The molecule has 0 bridgehead atoms. The van der Waals surface area contributed by atoms with Crippen molar-refractivity contribution in [1.29, 1.82) is 0 Å². The molecule has 0 spiro atoms. The van der Waals surface area contributed by atoms with Gasteiger partial charge in [0.15, 0.2) is 0 Å². The monoisotopic (exact) mass is 307 g/mol. The SMILES string of the molecule is Cc1cc(=O)c(C(C)N)nn1-c1ccc(Br)cc1. The van der Waals surface area contributed by atoms with Gasteiger partial charge in [-0.25, -0.2) is 4.68 Å². The Bertz CT molecular complexity index is 617. The molecule has 0 aliphatic carbocycles. The highest BCUT2D eigenvalue weighted by Gasteiger charge is 2.10. The molecule has 1 unspecified atom stereocenters. The summed E-state index contributed by atoms with van der Waals surface area (Å²) in [5.74, 6) is 0. The van der Waals surface area contributed by atoms with Crippen LogP contribution in [0.1, 0.15) is 24.4 Å². The number of nitrogens with two attached hydrogens (primary N) is 1. The molecule has 0 radical (unpaired) electrons. The summed E-state index contributed by atoms with van der Waals surface area (Å²) in [5.41, 5.74) is 7.70. The molecule has 0 amide bonds. The van der Waals surface area contributed by atoms with Crippen LogP contribution < -0.4 is 11.2 Å². The zero-order valence-corrected chi connectivity index (χ0v) is 11.8. The summed E-state index contributed by atoms with van der Waals surface area (Å²) in [7, 11) is 0. The Balaban J connectivity index is 2.60. The van der Waals surface area contributed by atoms with Gasteiger partial charge in [-0.2, -0.15) is 5.10 Å². The summed E-state index contributed by atoms with van der Waals surface area (Å²) in [6.45, 7) is 3.60. The Morgan fingerprint density at radius 1 is 1.33 bits per heavy atom. The smallest absolute Gasteiger partial charge is 0.205 e. The minimum atomic E-state index is -0.375. The van der Waals surface area contributed by atoms with E-state index in [0.29, 0.717) is 5.69 Å². The van der Waals surface area contributed by atoms with Gasteiger partial charge < -0.3 is 5.73 Å². The predicted molar refractivity (Wildman–Crippen MR) is 74.9 cm³/mol. The molecule has 18 heavy (non-hydrogen) atoms. The van der Waals surface area contributed by atoms with Crippen molar-refractivity contribution in [1.82, 2.24) is 9.78 Å². The van der Waals surface area contributed by atoms with Crippen LogP contribution in [-0.2, 0) is 0 Å². The van der Waals surface area contributed by atoms with Crippen LogP contribution in [0, 0.1) is 6.92 Å². The quantitative estimate of drug-likeness (QED) is 0.926. The first kappa shape index (κ1) is 13.0. The van der Waals surface area contributed by atoms with E-state index >= 15 is 0 Å². The van der Waals surface area contributed by atoms with Gasteiger partial charge in [-0.3, -0.25) is 4.79 Å². The third-order valence-corrected chi connectivity index (χ3v) is 3.17. The van der Waals surface area contributed by atoms with Gasteiger partial charge in [0.25, 0.3) is 0 Å². The summed E-state index contributed by atoms with van der Waals surface area (Å²) in [6.07, 6.45) is 0. The normalized spacial score (nSPS) is 12.4. The van der Waals surface area contributed by atoms with E-state index in [1.807, 2.05) is 31.2 Å². The second-order valence-corrected chi connectivity index (χ2v) is 5.13. The lowest BCUT2D eigenvalue weighted by atomic mass is 10.2. The van der Waals surface area contributed by atoms with Crippen molar-refractivity contribution >= 4 is 15.9 Å². The van der Waals surface area contributed by atoms with Crippen LogP contribution in [0.2, 0.25) is 0 Å².